The van der Waals surface area contributed by atoms with Crippen LogP contribution in [-0.2, 0) is 6.54 Å². The monoisotopic (exact) mass is 396 g/mol. The number of aromatic hydroxyl groups is 1. The topological polar surface area (TPSA) is 47.3 Å². The fourth-order valence-corrected chi connectivity index (χ4v) is 3.33. The first-order chi connectivity index (χ1) is 14.7. The molecule has 3 aromatic carbocycles. The molecule has 0 saturated carbocycles. The molecule has 0 unspecified atom stereocenters. The van der Waals surface area contributed by atoms with Gasteiger partial charge < -0.3 is 14.4 Å². The highest BCUT2D eigenvalue weighted by Gasteiger charge is 2.07. The molecule has 1 N–H and O–H groups in total. The fourth-order valence-electron chi connectivity index (χ4n) is 3.33. The van der Waals surface area contributed by atoms with E-state index in [0.29, 0.717) is 0 Å². The molecular weight excluding hydrogens is 372 g/mol. The van der Waals surface area contributed by atoms with Gasteiger partial charge in [-0.25, -0.2) is 4.98 Å². The van der Waals surface area contributed by atoms with Gasteiger partial charge in [0.15, 0.2) is 0 Å². The van der Waals surface area contributed by atoms with Crippen molar-refractivity contribution in [3.63, 3.8) is 0 Å². The Morgan fingerprint density at radius 2 is 1.43 bits per heavy atom. The van der Waals surface area contributed by atoms with Crippen molar-refractivity contribution in [1.82, 2.24) is 9.55 Å². The van der Waals surface area contributed by atoms with E-state index in [4.69, 9.17) is 9.72 Å². The molecule has 0 amide bonds. The maximum atomic E-state index is 9.44. The Labute approximate surface area is 176 Å². The summed E-state index contributed by atoms with van der Waals surface area (Å²) in [5.74, 6) is 2.04. The van der Waals surface area contributed by atoms with Gasteiger partial charge in [0.2, 0.25) is 0 Å². The summed E-state index contributed by atoms with van der Waals surface area (Å²) in [4.78, 5) is 4.81. The zero-order valence-corrected chi connectivity index (χ0v) is 17.1. The highest BCUT2D eigenvalue weighted by atomic mass is 16.5. The van der Waals surface area contributed by atoms with E-state index in [2.05, 4.69) is 48.0 Å². The number of imidazole rings is 1. The molecule has 0 aliphatic rings. The summed E-state index contributed by atoms with van der Waals surface area (Å²) in [5, 5.41) is 9.44. The third-order valence-corrected chi connectivity index (χ3v) is 5.07. The number of nitrogens with zero attached hydrogens (tertiary/aromatic N) is 2. The van der Waals surface area contributed by atoms with Crippen LogP contribution in [-0.4, -0.2) is 21.8 Å². The number of phenols is 1. The summed E-state index contributed by atoms with van der Waals surface area (Å²) in [6.07, 6.45) is 6.20. The lowest BCUT2D eigenvalue weighted by molar-refractivity contribution is 0.415. The molecule has 150 valence electrons. The van der Waals surface area contributed by atoms with E-state index in [1.807, 2.05) is 42.5 Å². The molecule has 0 saturated heterocycles. The molecule has 0 atom stereocenters. The molecule has 4 aromatic rings. The SMILES string of the molecule is CCn1cc(-c2ccc(OC)cc2)nc1/C=C/c1ccc(-c2ccc(O)cc2)cc1. The number of rotatable bonds is 6. The maximum absolute atomic E-state index is 9.44. The van der Waals surface area contributed by atoms with E-state index >= 15 is 0 Å². The van der Waals surface area contributed by atoms with Gasteiger partial charge in [-0.3, -0.25) is 0 Å². The standard InChI is InChI=1S/C26H24N2O2/c1-3-28-18-25(22-11-15-24(30-2)16-12-22)27-26(28)17-6-19-4-7-20(8-5-19)21-9-13-23(29)14-10-21/h4-18,29H,3H2,1-2H3/b17-6+. The minimum atomic E-state index is 0.277. The second kappa shape index (κ2) is 8.70. The molecule has 1 heterocycles. The van der Waals surface area contributed by atoms with E-state index in [1.54, 1.807) is 19.2 Å². The number of benzene rings is 3. The minimum absolute atomic E-state index is 0.277. The van der Waals surface area contributed by atoms with Crippen molar-refractivity contribution < 1.29 is 9.84 Å². The molecule has 4 nitrogen and oxygen atoms in total. The maximum Gasteiger partial charge on any atom is 0.133 e. The Morgan fingerprint density at radius 1 is 0.833 bits per heavy atom. The lowest BCUT2D eigenvalue weighted by Gasteiger charge is -2.03. The van der Waals surface area contributed by atoms with Crippen molar-refractivity contribution in [2.45, 2.75) is 13.5 Å². The van der Waals surface area contributed by atoms with Gasteiger partial charge in [0.05, 0.1) is 12.8 Å². The summed E-state index contributed by atoms with van der Waals surface area (Å²) in [5.41, 5.74) is 5.31. The van der Waals surface area contributed by atoms with E-state index in [-0.39, 0.29) is 5.75 Å². The highest BCUT2D eigenvalue weighted by Crippen LogP contribution is 2.24. The summed E-state index contributed by atoms with van der Waals surface area (Å²) in [6.45, 7) is 2.96. The summed E-state index contributed by atoms with van der Waals surface area (Å²) < 4.78 is 7.38. The Bertz CT molecular complexity index is 1140. The molecule has 0 aliphatic heterocycles. The normalized spacial score (nSPS) is 11.1. The molecular formula is C26H24N2O2. The largest absolute Gasteiger partial charge is 0.508 e. The molecule has 30 heavy (non-hydrogen) atoms. The Kier molecular flexibility index (Phi) is 5.66. The predicted octanol–water partition coefficient (Wildman–Crippen LogP) is 6.12. The average molecular weight is 396 g/mol. The van der Waals surface area contributed by atoms with Crippen molar-refractivity contribution >= 4 is 12.2 Å². The number of hydrogen-bond acceptors (Lipinski definition) is 3. The zero-order chi connectivity index (χ0) is 20.9. The van der Waals surface area contributed by atoms with Gasteiger partial charge in [0.1, 0.15) is 17.3 Å². The van der Waals surface area contributed by atoms with Crippen molar-refractivity contribution in [3.8, 4) is 33.9 Å². The first-order valence-electron chi connectivity index (χ1n) is 9.95. The van der Waals surface area contributed by atoms with Crippen LogP contribution in [0.3, 0.4) is 0 Å². The van der Waals surface area contributed by atoms with Gasteiger partial charge in [-0.2, -0.15) is 0 Å². The number of ether oxygens (including phenoxy) is 1. The molecule has 4 heteroatoms. The number of phenolic OH excluding ortho intramolecular Hbond substituents is 1. The number of aryl methyl sites for hydroxylation is 1. The van der Waals surface area contributed by atoms with Crippen LogP contribution < -0.4 is 4.74 Å². The Morgan fingerprint density at radius 3 is 2.03 bits per heavy atom. The summed E-state index contributed by atoms with van der Waals surface area (Å²) in [7, 11) is 1.67. The lowest BCUT2D eigenvalue weighted by atomic mass is 10.0. The molecule has 4 rings (SSSR count). The van der Waals surface area contributed by atoms with Gasteiger partial charge in [0.25, 0.3) is 0 Å². The molecule has 0 fully saturated rings. The van der Waals surface area contributed by atoms with E-state index < -0.39 is 0 Å². The third kappa shape index (κ3) is 4.28. The third-order valence-electron chi connectivity index (χ3n) is 5.07. The second-order valence-corrected chi connectivity index (χ2v) is 7.00. The van der Waals surface area contributed by atoms with Crippen molar-refractivity contribution in [1.29, 1.82) is 0 Å². The van der Waals surface area contributed by atoms with Crippen molar-refractivity contribution in [2.75, 3.05) is 7.11 Å². The van der Waals surface area contributed by atoms with Crippen LogP contribution in [0.25, 0.3) is 34.5 Å². The second-order valence-electron chi connectivity index (χ2n) is 7.00. The first kappa shape index (κ1) is 19.5. The van der Waals surface area contributed by atoms with E-state index in [9.17, 15) is 5.11 Å². The smallest absolute Gasteiger partial charge is 0.133 e. The molecule has 0 aliphatic carbocycles. The van der Waals surface area contributed by atoms with Crippen LogP contribution in [0.1, 0.15) is 18.3 Å². The van der Waals surface area contributed by atoms with E-state index in [1.165, 1.54) is 0 Å². The van der Waals surface area contributed by atoms with Gasteiger partial charge in [-0.1, -0.05) is 42.5 Å². The van der Waals surface area contributed by atoms with E-state index in [0.717, 1.165) is 46.1 Å². The minimum Gasteiger partial charge on any atom is -0.508 e. The molecule has 0 radical (unpaired) electrons. The van der Waals surface area contributed by atoms with Crippen LogP contribution in [0.4, 0.5) is 0 Å². The molecule has 0 bridgehead atoms. The number of hydrogen-bond donors (Lipinski definition) is 1. The Hall–Kier alpha value is -3.79. The Balaban J connectivity index is 1.54. The fraction of sp³-hybridized carbons (Fsp3) is 0.115. The van der Waals surface area contributed by atoms with Crippen LogP contribution >= 0.6 is 0 Å². The quantitative estimate of drug-likeness (QED) is 0.427. The van der Waals surface area contributed by atoms with Crippen LogP contribution in [0.2, 0.25) is 0 Å². The predicted molar refractivity (Wildman–Crippen MR) is 122 cm³/mol. The first-order valence-corrected chi connectivity index (χ1v) is 9.95. The van der Waals surface area contributed by atoms with Crippen LogP contribution in [0, 0.1) is 0 Å². The van der Waals surface area contributed by atoms with Crippen molar-refractivity contribution in [2.24, 2.45) is 0 Å². The van der Waals surface area contributed by atoms with Crippen LogP contribution in [0.5, 0.6) is 11.5 Å². The van der Waals surface area contributed by atoms with Gasteiger partial charge in [0, 0.05) is 18.3 Å². The summed E-state index contributed by atoms with van der Waals surface area (Å²) in [6, 6.07) is 23.5. The lowest BCUT2D eigenvalue weighted by Crippen LogP contribution is -1.94. The van der Waals surface area contributed by atoms with Gasteiger partial charge in [-0.15, -0.1) is 0 Å². The zero-order valence-electron chi connectivity index (χ0n) is 17.1. The number of methoxy groups -OCH3 is 1. The van der Waals surface area contributed by atoms with Gasteiger partial charge in [-0.05, 0) is 66.1 Å². The molecule has 1 aromatic heterocycles. The van der Waals surface area contributed by atoms with Crippen LogP contribution in [0.15, 0.2) is 79.0 Å². The highest BCUT2D eigenvalue weighted by molar-refractivity contribution is 5.72. The summed E-state index contributed by atoms with van der Waals surface area (Å²) >= 11 is 0. The molecule has 0 spiro atoms. The average Bonchev–Trinajstić information content (AvgIpc) is 3.22. The van der Waals surface area contributed by atoms with Gasteiger partial charge >= 0.3 is 0 Å². The van der Waals surface area contributed by atoms with Crippen molar-refractivity contribution in [3.05, 3.63) is 90.4 Å². The number of aromatic nitrogens is 2.